The largest absolute Gasteiger partial charge is 0.466 e. The van der Waals surface area contributed by atoms with Gasteiger partial charge in [-0.05, 0) is 6.42 Å². The third kappa shape index (κ3) is 11.3. The molecular weight excluding hydrogens is 482 g/mol. The van der Waals surface area contributed by atoms with Gasteiger partial charge in [-0.25, -0.2) is 4.79 Å². The zero-order chi connectivity index (χ0) is 27.3. The van der Waals surface area contributed by atoms with Crippen LogP contribution in [0.15, 0.2) is 0 Å². The van der Waals surface area contributed by atoms with Gasteiger partial charge in [-0.2, -0.15) is 0 Å². The fraction of sp³-hybridized carbons (Fsp3) is 0.727. The van der Waals surface area contributed by atoms with Crippen LogP contribution < -0.4 is 16.0 Å². The average Bonchev–Trinajstić information content (AvgIpc) is 2.75. The third-order valence-electron chi connectivity index (χ3n) is 4.77. The molecule has 204 valence electrons. The summed E-state index contributed by atoms with van der Waals surface area (Å²) in [5, 5.41) is 7.48. The maximum atomic E-state index is 12.5. The van der Waals surface area contributed by atoms with Gasteiger partial charge in [-0.15, -0.1) is 0 Å². The molecule has 5 atom stereocenters. The van der Waals surface area contributed by atoms with Gasteiger partial charge in [0, 0.05) is 34.2 Å². The van der Waals surface area contributed by atoms with Crippen LogP contribution in [-0.4, -0.2) is 86.2 Å². The van der Waals surface area contributed by atoms with E-state index >= 15 is 0 Å². The third-order valence-corrected chi connectivity index (χ3v) is 4.77. The van der Waals surface area contributed by atoms with Gasteiger partial charge in [0.1, 0.15) is 18.8 Å². The molecule has 0 bridgehead atoms. The fourth-order valence-corrected chi connectivity index (χ4v) is 3.32. The number of hydrogen-bond acceptors (Lipinski definition) is 11. The first-order valence-corrected chi connectivity index (χ1v) is 11.5. The van der Waals surface area contributed by atoms with Gasteiger partial charge in [-0.3, -0.25) is 24.0 Å². The average molecular weight is 518 g/mol. The van der Waals surface area contributed by atoms with Crippen molar-refractivity contribution >= 4 is 35.8 Å². The molecule has 1 heterocycles. The molecule has 14 nitrogen and oxygen atoms in total. The summed E-state index contributed by atoms with van der Waals surface area (Å²) in [6.45, 7) is 6.38. The van der Waals surface area contributed by atoms with E-state index in [1.165, 1.54) is 6.92 Å². The number of carbonyl (C=O) groups excluding carboxylic acids is 6. The Morgan fingerprint density at radius 2 is 1.47 bits per heavy atom. The number of ether oxygens (including phenoxy) is 5. The molecule has 3 N–H and O–H groups in total. The highest BCUT2D eigenvalue weighted by Gasteiger charge is 2.51. The summed E-state index contributed by atoms with van der Waals surface area (Å²) in [5.74, 6) is -3.19. The molecular formula is C22H35N3O11. The quantitative estimate of drug-likeness (QED) is 0.175. The lowest BCUT2D eigenvalue weighted by Gasteiger charge is -2.45. The van der Waals surface area contributed by atoms with Crippen molar-refractivity contribution in [3.63, 3.8) is 0 Å². The Balaban J connectivity index is 3.03. The summed E-state index contributed by atoms with van der Waals surface area (Å²) < 4.78 is 26.4. The van der Waals surface area contributed by atoms with Gasteiger partial charge in [0.2, 0.25) is 5.91 Å². The van der Waals surface area contributed by atoms with E-state index in [4.69, 9.17) is 23.7 Å². The van der Waals surface area contributed by atoms with Gasteiger partial charge < -0.3 is 39.6 Å². The Morgan fingerprint density at radius 1 is 0.833 bits per heavy atom. The van der Waals surface area contributed by atoms with Crippen molar-refractivity contribution in [1.29, 1.82) is 0 Å². The minimum atomic E-state index is -1.30. The predicted octanol–water partition coefficient (Wildman–Crippen LogP) is -0.325. The van der Waals surface area contributed by atoms with Crippen molar-refractivity contribution in [2.24, 2.45) is 0 Å². The Bertz CT molecular complexity index is 804. The molecule has 0 aromatic heterocycles. The highest BCUT2D eigenvalue weighted by atomic mass is 16.6. The summed E-state index contributed by atoms with van der Waals surface area (Å²) in [5.41, 5.74) is 0. The fourth-order valence-electron chi connectivity index (χ4n) is 3.32. The van der Waals surface area contributed by atoms with Crippen LogP contribution in [0.4, 0.5) is 4.79 Å². The molecule has 1 aliphatic rings. The molecule has 0 radical (unpaired) electrons. The minimum Gasteiger partial charge on any atom is -0.466 e. The van der Waals surface area contributed by atoms with E-state index in [9.17, 15) is 28.8 Å². The van der Waals surface area contributed by atoms with Gasteiger partial charge in [-0.1, -0.05) is 13.3 Å². The summed E-state index contributed by atoms with van der Waals surface area (Å²) in [6, 6.07) is -1.95. The van der Waals surface area contributed by atoms with Crippen LogP contribution in [0.3, 0.4) is 0 Å². The van der Waals surface area contributed by atoms with Gasteiger partial charge in [0.05, 0.1) is 13.0 Å². The number of carbonyl (C=O) groups is 6. The van der Waals surface area contributed by atoms with Crippen LogP contribution in [0.5, 0.6) is 0 Å². The van der Waals surface area contributed by atoms with E-state index in [0.717, 1.165) is 33.6 Å². The van der Waals surface area contributed by atoms with Crippen molar-refractivity contribution in [3.8, 4) is 0 Å². The molecule has 1 aliphatic heterocycles. The molecule has 1 saturated heterocycles. The lowest BCUT2D eigenvalue weighted by molar-refractivity contribution is -0.226. The monoisotopic (exact) mass is 517 g/mol. The number of amides is 3. The molecule has 0 saturated carbocycles. The Labute approximate surface area is 209 Å². The van der Waals surface area contributed by atoms with E-state index in [1.54, 1.807) is 0 Å². The topological polar surface area (TPSA) is 185 Å². The number of urea groups is 1. The Hall–Kier alpha value is -3.42. The number of unbranched alkanes of at least 4 members (excludes halogenated alkanes) is 1. The molecule has 1 fully saturated rings. The maximum absolute atomic E-state index is 12.5. The number of hydrogen-bond donors (Lipinski definition) is 3. The first kappa shape index (κ1) is 30.6. The minimum absolute atomic E-state index is 0.0470. The molecule has 0 aromatic carbocycles. The number of nitrogens with one attached hydrogen (secondary N) is 3. The van der Waals surface area contributed by atoms with Crippen LogP contribution in [0.1, 0.15) is 53.9 Å². The van der Waals surface area contributed by atoms with E-state index in [-0.39, 0.29) is 13.0 Å². The predicted molar refractivity (Wildman–Crippen MR) is 121 cm³/mol. The SMILES string of the molecule is CCCCOC(=O)CCNC(=O)NC1OC(COC(C)=O)C(OC(C)=O)C(OC(C)=O)C1NC(C)=O. The van der Waals surface area contributed by atoms with Crippen LogP contribution in [0.25, 0.3) is 0 Å². The van der Waals surface area contributed by atoms with Crippen LogP contribution >= 0.6 is 0 Å². The van der Waals surface area contributed by atoms with E-state index < -0.39 is 73.0 Å². The highest BCUT2D eigenvalue weighted by molar-refractivity contribution is 5.76. The first-order chi connectivity index (χ1) is 16.9. The Kier molecular flexibility index (Phi) is 13.2. The molecule has 0 aliphatic carbocycles. The van der Waals surface area contributed by atoms with Crippen molar-refractivity contribution in [3.05, 3.63) is 0 Å². The normalized spacial score (nSPS) is 23.0. The van der Waals surface area contributed by atoms with Crippen LogP contribution in [0, 0.1) is 0 Å². The Morgan fingerprint density at radius 3 is 2.03 bits per heavy atom. The van der Waals surface area contributed by atoms with E-state index in [1.807, 2.05) is 6.92 Å². The molecule has 36 heavy (non-hydrogen) atoms. The second kappa shape index (κ2) is 15.5. The second-order valence-corrected chi connectivity index (χ2v) is 8.00. The van der Waals surface area contributed by atoms with Gasteiger partial charge >= 0.3 is 29.9 Å². The van der Waals surface area contributed by atoms with Crippen molar-refractivity contribution in [1.82, 2.24) is 16.0 Å². The molecule has 1 rings (SSSR count). The number of rotatable bonds is 12. The molecule has 5 unspecified atom stereocenters. The summed E-state index contributed by atoms with van der Waals surface area (Å²) in [7, 11) is 0. The second-order valence-electron chi connectivity index (χ2n) is 8.00. The van der Waals surface area contributed by atoms with Gasteiger partial charge in [0.15, 0.2) is 18.4 Å². The van der Waals surface area contributed by atoms with Crippen LogP contribution in [-0.2, 0) is 47.7 Å². The van der Waals surface area contributed by atoms with Gasteiger partial charge in [0.25, 0.3) is 0 Å². The summed E-state index contributed by atoms with van der Waals surface area (Å²) in [6.07, 6.45) is -3.51. The zero-order valence-electron chi connectivity index (χ0n) is 21.1. The zero-order valence-corrected chi connectivity index (χ0v) is 21.1. The molecule has 14 heteroatoms. The summed E-state index contributed by atoms with van der Waals surface area (Å²) in [4.78, 5) is 71.0. The standard InChI is InChI=1S/C22H35N3O11/c1-6-7-10-32-17(30)8-9-23-22(31)25-21-18(24-12(2)26)20(35-15(5)29)19(34-14(4)28)16(36-21)11-33-13(3)27/h16,18-21H,6-11H2,1-5H3,(H,24,26)(H2,23,25,31). The highest BCUT2D eigenvalue weighted by Crippen LogP contribution is 2.26. The lowest BCUT2D eigenvalue weighted by Crippen LogP contribution is -2.70. The van der Waals surface area contributed by atoms with Crippen LogP contribution in [0.2, 0.25) is 0 Å². The summed E-state index contributed by atoms with van der Waals surface area (Å²) >= 11 is 0. The smallest absolute Gasteiger partial charge is 0.316 e. The molecule has 0 aromatic rings. The maximum Gasteiger partial charge on any atom is 0.316 e. The first-order valence-electron chi connectivity index (χ1n) is 11.5. The lowest BCUT2D eigenvalue weighted by atomic mass is 9.95. The van der Waals surface area contributed by atoms with E-state index in [2.05, 4.69) is 16.0 Å². The van der Waals surface area contributed by atoms with E-state index in [0.29, 0.717) is 6.61 Å². The molecule has 0 spiro atoms. The number of esters is 4. The molecule has 3 amide bonds. The van der Waals surface area contributed by atoms with Crippen molar-refractivity contribution in [2.45, 2.75) is 84.5 Å². The van der Waals surface area contributed by atoms with Crippen molar-refractivity contribution in [2.75, 3.05) is 19.8 Å². The van der Waals surface area contributed by atoms with Crippen molar-refractivity contribution < 1.29 is 52.5 Å².